The largest absolute Gasteiger partial charge is 0.300 e. The van der Waals surface area contributed by atoms with Gasteiger partial charge in [0.1, 0.15) is 0 Å². The Balaban J connectivity index is 1.62. The van der Waals surface area contributed by atoms with Crippen molar-refractivity contribution in [2.45, 2.75) is 57.4 Å². The first-order valence-electron chi connectivity index (χ1n) is 8.26. The molecule has 0 aromatic rings. The maximum atomic E-state index is 12.5. The molecule has 2 heterocycles. The van der Waals surface area contributed by atoms with E-state index in [0.717, 1.165) is 25.6 Å². The Labute approximate surface area is 120 Å². The number of piperidine rings is 1. The van der Waals surface area contributed by atoms with Crippen LogP contribution in [0.4, 0.5) is 0 Å². The van der Waals surface area contributed by atoms with Crippen molar-refractivity contribution >= 4 is 11.8 Å². The van der Waals surface area contributed by atoms with Crippen LogP contribution in [0.15, 0.2) is 0 Å². The van der Waals surface area contributed by atoms with Crippen molar-refractivity contribution in [3.8, 4) is 0 Å². The van der Waals surface area contributed by atoms with Crippen molar-refractivity contribution in [3.63, 3.8) is 0 Å². The van der Waals surface area contributed by atoms with Crippen LogP contribution in [-0.2, 0) is 9.59 Å². The number of rotatable bonds is 2. The molecule has 0 bridgehead atoms. The summed E-state index contributed by atoms with van der Waals surface area (Å²) in [5, 5.41) is 2.62. The average molecular weight is 276 g/mol. The van der Waals surface area contributed by atoms with Gasteiger partial charge >= 0.3 is 0 Å². The van der Waals surface area contributed by atoms with Gasteiger partial charge in [-0.2, -0.15) is 0 Å². The van der Waals surface area contributed by atoms with E-state index in [1.807, 2.05) is 0 Å². The lowest BCUT2D eigenvalue weighted by atomic mass is 9.64. The molecule has 2 unspecified atom stereocenters. The smallest absolute Gasteiger partial charge is 0.230 e. The van der Waals surface area contributed by atoms with E-state index in [0.29, 0.717) is 12.3 Å². The normalized spacial score (nSPS) is 39.7. The zero-order valence-corrected chi connectivity index (χ0v) is 12.1. The number of hydrogen-bond acceptors (Lipinski definition) is 3. The number of amides is 2. The van der Waals surface area contributed by atoms with E-state index in [1.165, 1.54) is 38.5 Å². The third kappa shape index (κ3) is 2.00. The van der Waals surface area contributed by atoms with Gasteiger partial charge in [-0.3, -0.25) is 19.8 Å². The van der Waals surface area contributed by atoms with Gasteiger partial charge < -0.3 is 0 Å². The fourth-order valence-corrected chi connectivity index (χ4v) is 5.05. The second-order valence-corrected chi connectivity index (χ2v) is 7.43. The molecule has 4 nitrogen and oxygen atoms in total. The van der Waals surface area contributed by atoms with Gasteiger partial charge in [0.15, 0.2) is 0 Å². The lowest BCUT2D eigenvalue weighted by Gasteiger charge is -2.42. The minimum absolute atomic E-state index is 0.0331. The molecule has 0 aromatic heterocycles. The Bertz CT molecular complexity index is 440. The molecule has 4 heteroatoms. The van der Waals surface area contributed by atoms with Crippen LogP contribution in [0, 0.1) is 17.3 Å². The van der Waals surface area contributed by atoms with Crippen LogP contribution < -0.4 is 5.32 Å². The van der Waals surface area contributed by atoms with Gasteiger partial charge in [0.25, 0.3) is 0 Å². The summed E-state index contributed by atoms with van der Waals surface area (Å²) in [4.78, 5) is 27.0. The number of carbonyl (C=O) groups excluding carboxylic acids is 2. The van der Waals surface area contributed by atoms with E-state index in [-0.39, 0.29) is 23.1 Å². The van der Waals surface area contributed by atoms with Crippen LogP contribution in [0.1, 0.15) is 51.4 Å². The van der Waals surface area contributed by atoms with Crippen molar-refractivity contribution in [2.24, 2.45) is 17.3 Å². The molecule has 2 saturated heterocycles. The number of nitrogens with zero attached hydrogens (tertiary/aromatic N) is 1. The van der Waals surface area contributed by atoms with Crippen molar-refractivity contribution in [3.05, 3.63) is 0 Å². The summed E-state index contributed by atoms with van der Waals surface area (Å²) < 4.78 is 0. The van der Waals surface area contributed by atoms with Crippen LogP contribution in [0.2, 0.25) is 0 Å². The quantitative estimate of drug-likeness (QED) is 0.781. The number of imide groups is 1. The zero-order valence-electron chi connectivity index (χ0n) is 12.1. The standard InChI is InChI=1S/C16H24N2O2/c19-13-9-16(7-8-18(10-16)12-5-6-12)14(15(20)17-13)11-3-1-2-4-11/h11-12,14H,1-10H2,(H,17,19,20). The van der Waals surface area contributed by atoms with Crippen molar-refractivity contribution in [2.75, 3.05) is 13.1 Å². The predicted molar refractivity (Wildman–Crippen MR) is 74.9 cm³/mol. The first kappa shape index (κ1) is 12.8. The van der Waals surface area contributed by atoms with Crippen LogP contribution in [-0.4, -0.2) is 35.8 Å². The molecule has 0 aromatic carbocycles. The van der Waals surface area contributed by atoms with Crippen molar-refractivity contribution in [1.29, 1.82) is 0 Å². The second-order valence-electron chi connectivity index (χ2n) is 7.43. The van der Waals surface area contributed by atoms with Crippen molar-refractivity contribution in [1.82, 2.24) is 10.2 Å². The number of hydrogen-bond donors (Lipinski definition) is 1. The summed E-state index contributed by atoms with van der Waals surface area (Å²) in [6.45, 7) is 2.08. The highest BCUT2D eigenvalue weighted by Crippen LogP contribution is 2.51. The molecule has 0 radical (unpaired) electrons. The molecular formula is C16H24N2O2. The maximum Gasteiger partial charge on any atom is 0.230 e. The highest BCUT2D eigenvalue weighted by Gasteiger charge is 2.55. The molecule has 1 spiro atoms. The third-order valence-electron chi connectivity index (χ3n) is 6.07. The van der Waals surface area contributed by atoms with Gasteiger partial charge in [-0.25, -0.2) is 0 Å². The lowest BCUT2D eigenvalue weighted by molar-refractivity contribution is -0.145. The summed E-state index contributed by atoms with van der Waals surface area (Å²) in [7, 11) is 0. The summed E-state index contributed by atoms with van der Waals surface area (Å²) in [6.07, 6.45) is 9.10. The van der Waals surface area contributed by atoms with Gasteiger partial charge in [-0.1, -0.05) is 12.8 Å². The molecule has 2 aliphatic carbocycles. The van der Waals surface area contributed by atoms with Gasteiger partial charge in [0.05, 0.1) is 0 Å². The van der Waals surface area contributed by atoms with Gasteiger partial charge in [0, 0.05) is 30.3 Å². The highest BCUT2D eigenvalue weighted by atomic mass is 16.2. The van der Waals surface area contributed by atoms with E-state index in [9.17, 15) is 9.59 Å². The minimum atomic E-state index is -0.0446. The van der Waals surface area contributed by atoms with Gasteiger partial charge in [-0.15, -0.1) is 0 Å². The average Bonchev–Trinajstić information content (AvgIpc) is 2.95. The van der Waals surface area contributed by atoms with E-state index in [1.54, 1.807) is 0 Å². The molecule has 110 valence electrons. The maximum absolute atomic E-state index is 12.5. The van der Waals surface area contributed by atoms with Crippen LogP contribution in [0.25, 0.3) is 0 Å². The van der Waals surface area contributed by atoms with E-state index >= 15 is 0 Å². The molecule has 2 amide bonds. The molecule has 2 aliphatic heterocycles. The number of likely N-dealkylation sites (tertiary alicyclic amines) is 1. The number of nitrogens with one attached hydrogen (secondary N) is 1. The molecule has 2 atom stereocenters. The number of carbonyl (C=O) groups is 2. The second kappa shape index (κ2) is 4.55. The molecular weight excluding hydrogens is 252 g/mol. The van der Waals surface area contributed by atoms with E-state index in [2.05, 4.69) is 10.2 Å². The first-order valence-corrected chi connectivity index (χ1v) is 8.26. The molecule has 1 N–H and O–H groups in total. The first-order chi connectivity index (χ1) is 9.68. The van der Waals surface area contributed by atoms with E-state index in [4.69, 9.17) is 0 Å². The van der Waals surface area contributed by atoms with E-state index < -0.39 is 0 Å². The summed E-state index contributed by atoms with van der Waals surface area (Å²) in [5.74, 6) is 0.599. The Kier molecular flexibility index (Phi) is 2.92. The van der Waals surface area contributed by atoms with Gasteiger partial charge in [0.2, 0.25) is 11.8 Å². The molecule has 4 rings (SSSR count). The Morgan fingerprint density at radius 2 is 1.85 bits per heavy atom. The summed E-state index contributed by atoms with van der Waals surface area (Å²) in [6, 6.07) is 0.749. The van der Waals surface area contributed by atoms with Gasteiger partial charge in [-0.05, 0) is 44.6 Å². The predicted octanol–water partition coefficient (Wildman–Crippen LogP) is 1.69. The summed E-state index contributed by atoms with van der Waals surface area (Å²) >= 11 is 0. The monoisotopic (exact) mass is 276 g/mol. The topological polar surface area (TPSA) is 49.4 Å². The molecule has 4 fully saturated rings. The lowest BCUT2D eigenvalue weighted by Crippen LogP contribution is -2.55. The molecule has 2 saturated carbocycles. The Morgan fingerprint density at radius 3 is 2.55 bits per heavy atom. The Morgan fingerprint density at radius 1 is 1.10 bits per heavy atom. The minimum Gasteiger partial charge on any atom is -0.300 e. The van der Waals surface area contributed by atoms with Crippen molar-refractivity contribution < 1.29 is 9.59 Å². The summed E-state index contributed by atoms with van der Waals surface area (Å²) in [5.41, 5.74) is -0.0446. The van der Waals surface area contributed by atoms with Crippen LogP contribution in [0.5, 0.6) is 0 Å². The highest BCUT2D eigenvalue weighted by molar-refractivity contribution is 6.00. The molecule has 20 heavy (non-hydrogen) atoms. The van der Waals surface area contributed by atoms with Crippen LogP contribution in [0.3, 0.4) is 0 Å². The fraction of sp³-hybridized carbons (Fsp3) is 0.875. The third-order valence-corrected chi connectivity index (χ3v) is 6.07. The Hall–Kier alpha value is -0.900. The fourth-order valence-electron chi connectivity index (χ4n) is 5.05. The molecule has 4 aliphatic rings. The SMILES string of the molecule is O=C1CC2(CCN(C3CC3)C2)C(C2CCCC2)C(=O)N1. The zero-order chi connectivity index (χ0) is 13.7. The van der Waals surface area contributed by atoms with Crippen LogP contribution >= 0.6 is 0 Å².